The molecule has 0 aliphatic carbocycles. The van der Waals surface area contributed by atoms with Crippen molar-refractivity contribution in [2.75, 3.05) is 18.1 Å². The Labute approximate surface area is 164 Å². The van der Waals surface area contributed by atoms with Gasteiger partial charge in [0.05, 0.1) is 23.7 Å². The van der Waals surface area contributed by atoms with E-state index in [0.717, 1.165) is 0 Å². The summed E-state index contributed by atoms with van der Waals surface area (Å²) in [5.74, 6) is -1.65. The van der Waals surface area contributed by atoms with Crippen molar-refractivity contribution in [1.29, 1.82) is 5.26 Å². The molecule has 0 spiro atoms. The summed E-state index contributed by atoms with van der Waals surface area (Å²) in [5.41, 5.74) is 1.31. The highest BCUT2D eigenvalue weighted by atomic mass is 19.1. The first kappa shape index (κ1) is 19.6. The number of esters is 1. The molecule has 1 aromatic heterocycles. The highest BCUT2D eigenvalue weighted by molar-refractivity contribution is 5.97. The van der Waals surface area contributed by atoms with Gasteiger partial charge in [-0.25, -0.2) is 13.9 Å². The number of carbonyl (C=O) groups is 2. The molecule has 0 fully saturated rings. The Morgan fingerprint density at radius 3 is 2.48 bits per heavy atom. The van der Waals surface area contributed by atoms with Gasteiger partial charge in [0.25, 0.3) is 5.91 Å². The molecule has 3 aromatic rings. The van der Waals surface area contributed by atoms with Crippen LogP contribution in [-0.4, -0.2) is 45.2 Å². The Hall–Kier alpha value is -4.13. The zero-order valence-corrected chi connectivity index (χ0v) is 15.1. The first-order chi connectivity index (χ1) is 14.1. The number of benzene rings is 2. The van der Waals surface area contributed by atoms with E-state index in [1.165, 1.54) is 52.3 Å². The summed E-state index contributed by atoms with van der Waals surface area (Å²) in [7, 11) is 0. The number of nitrogens with zero attached hydrogens (tertiary/aromatic N) is 6. The van der Waals surface area contributed by atoms with Crippen molar-refractivity contribution in [2.24, 2.45) is 0 Å². The van der Waals surface area contributed by atoms with Crippen LogP contribution in [0.3, 0.4) is 0 Å². The maximum atomic E-state index is 13.1. The number of nitriles is 1. The molecular formula is C19H15FN6O3. The van der Waals surface area contributed by atoms with Crippen molar-refractivity contribution >= 4 is 17.6 Å². The quantitative estimate of drug-likeness (QED) is 0.562. The third-order valence-corrected chi connectivity index (χ3v) is 3.93. The van der Waals surface area contributed by atoms with Crippen molar-refractivity contribution in [2.45, 2.75) is 6.42 Å². The maximum Gasteiger partial charge on any atom is 0.338 e. The number of hydrogen-bond acceptors (Lipinski definition) is 7. The second kappa shape index (κ2) is 9.18. The Balaban J connectivity index is 1.63. The SMILES string of the molecule is N#CCCN(C(=O)COC(=O)c1ccc(-n2cnnn2)cc1)c1ccc(F)cc1. The second-order valence-corrected chi connectivity index (χ2v) is 5.81. The largest absolute Gasteiger partial charge is 0.452 e. The van der Waals surface area contributed by atoms with E-state index in [0.29, 0.717) is 11.4 Å². The number of tetrazole rings is 1. The molecule has 0 unspecified atom stereocenters. The first-order valence-corrected chi connectivity index (χ1v) is 8.52. The van der Waals surface area contributed by atoms with Crippen LogP contribution in [0, 0.1) is 17.1 Å². The van der Waals surface area contributed by atoms with Crippen LogP contribution in [0.5, 0.6) is 0 Å². The molecule has 0 aliphatic rings. The van der Waals surface area contributed by atoms with E-state index in [1.807, 2.05) is 6.07 Å². The van der Waals surface area contributed by atoms with E-state index in [9.17, 15) is 14.0 Å². The number of anilines is 1. The number of hydrogen-bond donors (Lipinski definition) is 0. The molecule has 9 nitrogen and oxygen atoms in total. The Morgan fingerprint density at radius 2 is 1.86 bits per heavy atom. The molecule has 3 rings (SSSR count). The minimum Gasteiger partial charge on any atom is -0.452 e. The Bertz CT molecular complexity index is 1010. The van der Waals surface area contributed by atoms with Gasteiger partial charge in [0, 0.05) is 12.2 Å². The fraction of sp³-hybridized carbons (Fsp3) is 0.158. The molecule has 0 bridgehead atoms. The smallest absolute Gasteiger partial charge is 0.338 e. The van der Waals surface area contributed by atoms with E-state index >= 15 is 0 Å². The molecular weight excluding hydrogens is 379 g/mol. The van der Waals surface area contributed by atoms with Gasteiger partial charge in [-0.15, -0.1) is 5.10 Å². The van der Waals surface area contributed by atoms with Crippen LogP contribution in [0.25, 0.3) is 5.69 Å². The minimum absolute atomic E-state index is 0.0790. The van der Waals surface area contributed by atoms with Gasteiger partial charge >= 0.3 is 5.97 Å². The van der Waals surface area contributed by atoms with E-state index in [1.54, 1.807) is 12.1 Å². The minimum atomic E-state index is -0.680. The van der Waals surface area contributed by atoms with E-state index in [-0.39, 0.29) is 18.5 Å². The summed E-state index contributed by atoms with van der Waals surface area (Å²) in [6.45, 7) is -0.421. The zero-order chi connectivity index (χ0) is 20.6. The molecule has 0 N–H and O–H groups in total. The van der Waals surface area contributed by atoms with Crippen LogP contribution < -0.4 is 4.90 Å². The number of rotatable bonds is 7. The highest BCUT2D eigenvalue weighted by Gasteiger charge is 2.18. The third kappa shape index (κ3) is 4.98. The molecule has 2 aromatic carbocycles. The molecule has 0 atom stereocenters. The molecule has 1 heterocycles. The molecule has 10 heteroatoms. The van der Waals surface area contributed by atoms with Crippen LogP contribution in [0.4, 0.5) is 10.1 Å². The molecule has 29 heavy (non-hydrogen) atoms. The highest BCUT2D eigenvalue weighted by Crippen LogP contribution is 2.16. The normalized spacial score (nSPS) is 10.2. The number of aromatic nitrogens is 4. The van der Waals surface area contributed by atoms with Crippen LogP contribution in [0.2, 0.25) is 0 Å². The van der Waals surface area contributed by atoms with E-state index in [2.05, 4.69) is 15.5 Å². The number of ether oxygens (including phenoxy) is 1. The number of carbonyl (C=O) groups excluding carboxylic acids is 2. The third-order valence-electron chi connectivity index (χ3n) is 3.93. The lowest BCUT2D eigenvalue weighted by molar-refractivity contribution is -0.121. The van der Waals surface area contributed by atoms with Gasteiger partial charge in [-0.3, -0.25) is 4.79 Å². The lowest BCUT2D eigenvalue weighted by Gasteiger charge is -2.21. The maximum absolute atomic E-state index is 13.1. The predicted octanol–water partition coefficient (Wildman–Crippen LogP) is 1.91. The van der Waals surface area contributed by atoms with E-state index < -0.39 is 24.3 Å². The Morgan fingerprint density at radius 1 is 1.14 bits per heavy atom. The molecule has 0 aliphatic heterocycles. The predicted molar refractivity (Wildman–Crippen MR) is 98.4 cm³/mol. The molecule has 0 radical (unpaired) electrons. The standard InChI is InChI=1S/C19H15FN6O3/c20-15-4-8-16(9-5-15)25(11-1-10-21)18(27)12-29-19(28)14-2-6-17(7-3-14)26-13-22-23-24-26/h2-9,13H,1,11-12H2. The summed E-state index contributed by atoms with van der Waals surface area (Å²) in [6, 6.07) is 13.5. The van der Waals surface area contributed by atoms with Crippen molar-refractivity contribution in [3.63, 3.8) is 0 Å². The fourth-order valence-corrected chi connectivity index (χ4v) is 2.50. The fourth-order valence-electron chi connectivity index (χ4n) is 2.50. The Kier molecular flexibility index (Phi) is 6.22. The lowest BCUT2D eigenvalue weighted by Crippen LogP contribution is -2.35. The van der Waals surface area contributed by atoms with Crippen LogP contribution in [0.15, 0.2) is 54.9 Å². The van der Waals surface area contributed by atoms with Crippen molar-refractivity contribution in [3.8, 4) is 11.8 Å². The summed E-state index contributed by atoms with van der Waals surface area (Å²) in [4.78, 5) is 26.0. The summed E-state index contributed by atoms with van der Waals surface area (Å²) in [6.07, 6.45) is 1.49. The number of amides is 1. The van der Waals surface area contributed by atoms with Gasteiger partial charge < -0.3 is 9.64 Å². The lowest BCUT2D eigenvalue weighted by atomic mass is 10.2. The van der Waals surface area contributed by atoms with Gasteiger partial charge in [0.15, 0.2) is 6.61 Å². The average Bonchev–Trinajstić information content (AvgIpc) is 3.28. The molecule has 0 saturated carbocycles. The van der Waals surface area contributed by atoms with Gasteiger partial charge in [-0.2, -0.15) is 5.26 Å². The van der Waals surface area contributed by atoms with Gasteiger partial charge in [-0.1, -0.05) is 0 Å². The molecule has 1 amide bonds. The van der Waals surface area contributed by atoms with Crippen molar-refractivity contribution < 1.29 is 18.7 Å². The van der Waals surface area contributed by atoms with Crippen molar-refractivity contribution in [3.05, 3.63) is 66.2 Å². The number of halogens is 1. The van der Waals surface area contributed by atoms with Crippen LogP contribution >= 0.6 is 0 Å². The summed E-state index contributed by atoms with van der Waals surface area (Å²) in [5, 5.41) is 19.6. The molecule has 146 valence electrons. The zero-order valence-electron chi connectivity index (χ0n) is 15.1. The monoisotopic (exact) mass is 394 g/mol. The van der Waals surface area contributed by atoms with Gasteiger partial charge in [0.2, 0.25) is 0 Å². The summed E-state index contributed by atoms with van der Waals surface area (Å²) >= 11 is 0. The molecule has 0 saturated heterocycles. The topological polar surface area (TPSA) is 114 Å². The van der Waals surface area contributed by atoms with Gasteiger partial charge in [0.1, 0.15) is 12.1 Å². The average molecular weight is 394 g/mol. The summed E-state index contributed by atoms with van der Waals surface area (Å²) < 4.78 is 19.6. The second-order valence-electron chi connectivity index (χ2n) is 5.81. The van der Waals surface area contributed by atoms with E-state index in [4.69, 9.17) is 10.00 Å². The van der Waals surface area contributed by atoms with Gasteiger partial charge in [-0.05, 0) is 59.0 Å². The first-order valence-electron chi connectivity index (χ1n) is 8.52. The van der Waals surface area contributed by atoms with Crippen LogP contribution in [0.1, 0.15) is 16.8 Å². The van der Waals surface area contributed by atoms with Crippen molar-refractivity contribution in [1.82, 2.24) is 20.2 Å². The van der Waals surface area contributed by atoms with Crippen LogP contribution in [-0.2, 0) is 9.53 Å².